The zero-order valence-electron chi connectivity index (χ0n) is 10.5. The highest BCUT2D eigenvalue weighted by molar-refractivity contribution is 6.31. The molecule has 0 radical (unpaired) electrons. The minimum atomic E-state index is 0.739. The zero-order valence-corrected chi connectivity index (χ0v) is 11.3. The number of halogens is 1. The molecule has 2 nitrogen and oxygen atoms in total. The van der Waals surface area contributed by atoms with Gasteiger partial charge in [0.05, 0.1) is 5.69 Å². The third-order valence-electron chi connectivity index (χ3n) is 2.74. The van der Waals surface area contributed by atoms with Gasteiger partial charge in [-0.2, -0.15) is 0 Å². The summed E-state index contributed by atoms with van der Waals surface area (Å²) in [4.78, 5) is 4.45. The summed E-state index contributed by atoms with van der Waals surface area (Å²) >= 11 is 6.05. The van der Waals surface area contributed by atoms with E-state index in [1.165, 1.54) is 0 Å². The fourth-order valence-electron chi connectivity index (χ4n) is 1.77. The van der Waals surface area contributed by atoms with Gasteiger partial charge in [-0.1, -0.05) is 24.9 Å². The highest BCUT2D eigenvalue weighted by atomic mass is 35.5. The molecule has 0 amide bonds. The van der Waals surface area contributed by atoms with Gasteiger partial charge in [0.1, 0.15) is 0 Å². The first-order valence-corrected chi connectivity index (χ1v) is 6.62. The number of nitrogens with zero attached hydrogens (tertiary/aromatic N) is 2. The predicted molar refractivity (Wildman–Crippen MR) is 78.1 cm³/mol. The first-order chi connectivity index (χ1) is 8.81. The summed E-state index contributed by atoms with van der Waals surface area (Å²) in [6.07, 6.45) is 8.24. The van der Waals surface area contributed by atoms with E-state index in [4.69, 9.17) is 11.6 Å². The molecule has 0 saturated heterocycles. The zero-order chi connectivity index (χ0) is 12.8. The van der Waals surface area contributed by atoms with Crippen LogP contribution in [0, 0.1) is 0 Å². The van der Waals surface area contributed by atoms with Gasteiger partial charge in [-0.05, 0) is 36.8 Å². The SMILES string of the molecule is CCCCN=Cc1cc(Cl)ccc1-n1cccc1. The maximum Gasteiger partial charge on any atom is 0.0538 e. The molecule has 1 aromatic heterocycles. The van der Waals surface area contributed by atoms with Gasteiger partial charge in [-0.25, -0.2) is 0 Å². The average Bonchev–Trinajstić information content (AvgIpc) is 2.88. The number of unbranched alkanes of at least 4 members (excludes halogenated alkanes) is 1. The molecule has 3 heteroatoms. The lowest BCUT2D eigenvalue weighted by molar-refractivity contribution is 0.810. The monoisotopic (exact) mass is 260 g/mol. The molecule has 0 fully saturated rings. The Morgan fingerprint density at radius 2 is 2.06 bits per heavy atom. The predicted octanol–water partition coefficient (Wildman–Crippen LogP) is 4.35. The Bertz CT molecular complexity index is 515. The summed E-state index contributed by atoms with van der Waals surface area (Å²) in [7, 11) is 0. The molecule has 0 unspecified atom stereocenters. The van der Waals surface area contributed by atoms with Gasteiger partial charge in [-0.15, -0.1) is 0 Å². The number of hydrogen-bond acceptors (Lipinski definition) is 1. The van der Waals surface area contributed by atoms with E-state index < -0.39 is 0 Å². The molecular formula is C15H17ClN2. The van der Waals surface area contributed by atoms with Crippen molar-refractivity contribution in [1.29, 1.82) is 0 Å². The van der Waals surface area contributed by atoms with Crippen molar-refractivity contribution in [1.82, 2.24) is 4.57 Å². The highest BCUT2D eigenvalue weighted by Gasteiger charge is 2.02. The van der Waals surface area contributed by atoms with Crippen LogP contribution < -0.4 is 0 Å². The lowest BCUT2D eigenvalue weighted by Gasteiger charge is -2.07. The van der Waals surface area contributed by atoms with E-state index in [1.807, 2.05) is 48.9 Å². The van der Waals surface area contributed by atoms with Crippen molar-refractivity contribution >= 4 is 17.8 Å². The molecule has 0 saturated carbocycles. The Kier molecular flexibility index (Phi) is 4.59. The van der Waals surface area contributed by atoms with Crippen molar-refractivity contribution in [3.05, 3.63) is 53.3 Å². The van der Waals surface area contributed by atoms with E-state index >= 15 is 0 Å². The van der Waals surface area contributed by atoms with Crippen LogP contribution in [-0.2, 0) is 0 Å². The van der Waals surface area contributed by atoms with Crippen LogP contribution in [-0.4, -0.2) is 17.3 Å². The van der Waals surface area contributed by atoms with Gasteiger partial charge in [0, 0.05) is 35.7 Å². The number of aliphatic imine (C=N–C) groups is 1. The summed E-state index contributed by atoms with van der Waals surface area (Å²) in [5.41, 5.74) is 2.15. The van der Waals surface area contributed by atoms with Crippen LogP contribution in [0.25, 0.3) is 5.69 Å². The maximum absolute atomic E-state index is 6.05. The van der Waals surface area contributed by atoms with E-state index in [0.29, 0.717) is 0 Å². The van der Waals surface area contributed by atoms with Gasteiger partial charge in [0.15, 0.2) is 0 Å². The van der Waals surface area contributed by atoms with Gasteiger partial charge in [0.25, 0.3) is 0 Å². The van der Waals surface area contributed by atoms with Gasteiger partial charge in [-0.3, -0.25) is 4.99 Å². The Morgan fingerprint density at radius 3 is 2.78 bits per heavy atom. The Labute approximate surface area is 113 Å². The van der Waals surface area contributed by atoms with Gasteiger partial charge < -0.3 is 4.57 Å². The Balaban J connectivity index is 2.27. The maximum atomic E-state index is 6.05. The van der Waals surface area contributed by atoms with E-state index in [2.05, 4.69) is 16.5 Å². The average molecular weight is 261 g/mol. The summed E-state index contributed by atoms with van der Waals surface area (Å²) in [5, 5.41) is 0.739. The minimum Gasteiger partial charge on any atom is -0.323 e. The normalized spacial score (nSPS) is 11.2. The summed E-state index contributed by atoms with van der Waals surface area (Å²) < 4.78 is 2.07. The number of aromatic nitrogens is 1. The van der Waals surface area contributed by atoms with Crippen molar-refractivity contribution in [3.8, 4) is 5.69 Å². The van der Waals surface area contributed by atoms with Crippen LogP contribution in [0.15, 0.2) is 47.7 Å². The molecule has 0 aliphatic carbocycles. The second kappa shape index (κ2) is 6.41. The van der Waals surface area contributed by atoms with Crippen LogP contribution in [0.4, 0.5) is 0 Å². The molecular weight excluding hydrogens is 244 g/mol. The quantitative estimate of drug-likeness (QED) is 0.562. The third-order valence-corrected chi connectivity index (χ3v) is 2.98. The van der Waals surface area contributed by atoms with Crippen molar-refractivity contribution < 1.29 is 0 Å². The molecule has 2 rings (SSSR count). The van der Waals surface area contributed by atoms with Gasteiger partial charge in [0.2, 0.25) is 0 Å². The molecule has 18 heavy (non-hydrogen) atoms. The molecule has 94 valence electrons. The lowest BCUT2D eigenvalue weighted by atomic mass is 10.2. The molecule has 0 atom stereocenters. The van der Waals surface area contributed by atoms with E-state index in [1.54, 1.807) is 0 Å². The summed E-state index contributed by atoms with van der Waals surface area (Å²) in [5.74, 6) is 0. The molecule has 0 aliphatic rings. The van der Waals surface area contributed by atoms with Crippen molar-refractivity contribution in [2.45, 2.75) is 19.8 Å². The molecule has 0 bridgehead atoms. The van der Waals surface area contributed by atoms with Crippen molar-refractivity contribution in [2.24, 2.45) is 4.99 Å². The first-order valence-electron chi connectivity index (χ1n) is 6.24. The fraction of sp³-hybridized carbons (Fsp3) is 0.267. The molecule has 2 aromatic rings. The Hall–Kier alpha value is -1.54. The van der Waals surface area contributed by atoms with Crippen LogP contribution in [0.5, 0.6) is 0 Å². The number of rotatable bonds is 5. The van der Waals surface area contributed by atoms with E-state index in [9.17, 15) is 0 Å². The number of hydrogen-bond donors (Lipinski definition) is 0. The molecule has 0 aliphatic heterocycles. The van der Waals surface area contributed by atoms with Crippen LogP contribution in [0.1, 0.15) is 25.3 Å². The molecule has 1 aromatic carbocycles. The standard InChI is InChI=1S/C15H17ClN2/c1-2-3-8-17-12-13-11-14(16)6-7-15(13)18-9-4-5-10-18/h4-7,9-12H,2-3,8H2,1H3. The summed E-state index contributed by atoms with van der Waals surface area (Å²) in [6, 6.07) is 9.88. The minimum absolute atomic E-state index is 0.739. The number of benzene rings is 1. The molecule has 1 heterocycles. The van der Waals surface area contributed by atoms with E-state index in [-0.39, 0.29) is 0 Å². The highest BCUT2D eigenvalue weighted by Crippen LogP contribution is 2.18. The lowest BCUT2D eigenvalue weighted by Crippen LogP contribution is -1.97. The Morgan fingerprint density at radius 1 is 1.28 bits per heavy atom. The van der Waals surface area contributed by atoms with Crippen molar-refractivity contribution in [3.63, 3.8) is 0 Å². The molecule has 0 spiro atoms. The first kappa shape index (κ1) is 12.9. The largest absolute Gasteiger partial charge is 0.323 e. The third kappa shape index (κ3) is 3.23. The summed E-state index contributed by atoms with van der Waals surface area (Å²) in [6.45, 7) is 3.04. The van der Waals surface area contributed by atoms with Crippen molar-refractivity contribution in [2.75, 3.05) is 6.54 Å². The second-order valence-corrected chi connectivity index (χ2v) is 4.62. The van der Waals surface area contributed by atoms with E-state index in [0.717, 1.165) is 35.7 Å². The van der Waals surface area contributed by atoms with Crippen LogP contribution in [0.3, 0.4) is 0 Å². The smallest absolute Gasteiger partial charge is 0.0538 e. The second-order valence-electron chi connectivity index (χ2n) is 4.18. The topological polar surface area (TPSA) is 17.3 Å². The van der Waals surface area contributed by atoms with Crippen LogP contribution in [0.2, 0.25) is 5.02 Å². The fourth-order valence-corrected chi connectivity index (χ4v) is 1.95. The molecule has 0 N–H and O–H groups in total. The van der Waals surface area contributed by atoms with Crippen LogP contribution >= 0.6 is 11.6 Å². The van der Waals surface area contributed by atoms with Gasteiger partial charge >= 0.3 is 0 Å².